The first kappa shape index (κ1) is 16.9. The Balaban J connectivity index is 1.34. The van der Waals surface area contributed by atoms with Gasteiger partial charge in [-0.1, -0.05) is 0 Å². The molecule has 0 unspecified atom stereocenters. The van der Waals surface area contributed by atoms with Gasteiger partial charge in [0.25, 0.3) is 0 Å². The number of sulfone groups is 1. The Morgan fingerprint density at radius 2 is 2.04 bits per heavy atom. The molecule has 0 aromatic carbocycles. The van der Waals surface area contributed by atoms with E-state index in [0.29, 0.717) is 0 Å². The fourth-order valence-electron chi connectivity index (χ4n) is 3.76. The number of carbonyl (C=O) groups is 1. The second-order valence-electron chi connectivity index (χ2n) is 7.31. The second kappa shape index (κ2) is 5.47. The summed E-state index contributed by atoms with van der Waals surface area (Å²) in [5, 5.41) is 3.34. The first-order valence-electron chi connectivity index (χ1n) is 8.18. The van der Waals surface area contributed by atoms with Crippen molar-refractivity contribution in [3.05, 3.63) is 18.5 Å². The van der Waals surface area contributed by atoms with Crippen LogP contribution in [0.4, 0.5) is 8.78 Å². The third kappa shape index (κ3) is 3.05. The van der Waals surface area contributed by atoms with Crippen LogP contribution < -0.4 is 0 Å². The average Bonchev–Trinajstić information content (AvgIpc) is 2.96. The summed E-state index contributed by atoms with van der Waals surface area (Å²) in [5.74, 6) is -3.87. The van der Waals surface area contributed by atoms with Gasteiger partial charge in [-0.3, -0.25) is 9.48 Å². The van der Waals surface area contributed by atoms with Crippen molar-refractivity contribution in [2.24, 2.45) is 5.92 Å². The van der Waals surface area contributed by atoms with Crippen molar-refractivity contribution in [1.82, 2.24) is 14.7 Å². The van der Waals surface area contributed by atoms with Gasteiger partial charge in [0.05, 0.1) is 32.0 Å². The number of hydrogen-bond donors (Lipinski definition) is 0. The van der Waals surface area contributed by atoms with Gasteiger partial charge in [0, 0.05) is 31.2 Å². The second-order valence-corrected chi connectivity index (χ2v) is 9.59. The molecule has 2 aliphatic heterocycles. The predicted octanol–water partition coefficient (Wildman–Crippen LogP) is 0.323. The minimum atomic E-state index is -3.39. The Morgan fingerprint density at radius 3 is 2.60 bits per heavy atom. The molecule has 4 rings (SSSR count). The van der Waals surface area contributed by atoms with Gasteiger partial charge in [0.2, 0.25) is 11.8 Å². The molecule has 10 heteroatoms. The molecule has 0 bridgehead atoms. The van der Waals surface area contributed by atoms with Gasteiger partial charge < -0.3 is 9.64 Å². The van der Waals surface area contributed by atoms with Gasteiger partial charge in [-0.15, -0.1) is 0 Å². The maximum Gasteiger partial charge on any atom is 0.249 e. The van der Waals surface area contributed by atoms with Crippen LogP contribution in [0.5, 0.6) is 0 Å². The van der Waals surface area contributed by atoms with Crippen LogP contribution in [0, 0.1) is 5.92 Å². The third-order valence-corrected chi connectivity index (χ3v) is 7.44. The summed E-state index contributed by atoms with van der Waals surface area (Å²) in [4.78, 5) is 13.6. The molecule has 3 heterocycles. The van der Waals surface area contributed by atoms with E-state index < -0.39 is 45.4 Å². The van der Waals surface area contributed by atoms with Crippen LogP contribution in [0.3, 0.4) is 0 Å². The zero-order chi connectivity index (χ0) is 17.9. The first-order chi connectivity index (χ1) is 11.7. The molecule has 0 N–H and O–H groups in total. The minimum Gasteiger partial charge on any atom is -0.369 e. The molecule has 1 saturated carbocycles. The van der Waals surface area contributed by atoms with Gasteiger partial charge in [0.1, 0.15) is 10.9 Å². The SMILES string of the molecule is O=C(C1CC(F)(F)C1)N1CC2(C1)CS(=O)(=O)[C@@H](Cn1cccn1)CO2. The van der Waals surface area contributed by atoms with Crippen LogP contribution in [0.25, 0.3) is 0 Å². The monoisotopic (exact) mass is 375 g/mol. The summed E-state index contributed by atoms with van der Waals surface area (Å²) in [7, 11) is -3.39. The number of alkyl halides is 2. The molecule has 2 saturated heterocycles. The standard InChI is InChI=1S/C15H19F2N3O4S/c16-15(17)4-11(5-15)13(21)19-8-14(9-19)10-25(22,23)12(7-24-14)6-20-3-1-2-18-20/h1-3,11-12H,4-10H2/t12-/m0/s1. The highest BCUT2D eigenvalue weighted by atomic mass is 32.2. The molecular weight excluding hydrogens is 356 g/mol. The molecule has 1 aromatic rings. The lowest BCUT2D eigenvalue weighted by Gasteiger charge is -2.53. The predicted molar refractivity (Wildman–Crippen MR) is 82.7 cm³/mol. The summed E-state index contributed by atoms with van der Waals surface area (Å²) in [6.07, 6.45) is 2.44. The molecule has 1 spiro atoms. The van der Waals surface area contributed by atoms with Gasteiger partial charge >= 0.3 is 0 Å². The first-order valence-corrected chi connectivity index (χ1v) is 9.89. The van der Waals surface area contributed by atoms with Crippen molar-refractivity contribution >= 4 is 15.7 Å². The van der Waals surface area contributed by atoms with Crippen molar-refractivity contribution in [2.45, 2.75) is 36.2 Å². The summed E-state index contributed by atoms with van der Waals surface area (Å²) in [5.41, 5.74) is -0.888. The van der Waals surface area contributed by atoms with Gasteiger partial charge in [-0.05, 0) is 6.07 Å². The lowest BCUT2D eigenvalue weighted by atomic mass is 9.79. The van der Waals surface area contributed by atoms with E-state index in [-0.39, 0.29) is 37.9 Å². The van der Waals surface area contributed by atoms with E-state index in [2.05, 4.69) is 5.10 Å². The van der Waals surface area contributed by atoms with Crippen LogP contribution in [-0.4, -0.2) is 71.2 Å². The number of amides is 1. The molecule has 3 fully saturated rings. The van der Waals surface area contributed by atoms with Gasteiger partial charge in [0.15, 0.2) is 9.84 Å². The smallest absolute Gasteiger partial charge is 0.249 e. The Kier molecular flexibility index (Phi) is 3.70. The molecule has 3 aliphatic rings. The highest BCUT2D eigenvalue weighted by molar-refractivity contribution is 7.92. The fourth-order valence-corrected chi connectivity index (χ4v) is 5.65. The van der Waals surface area contributed by atoms with Crippen molar-refractivity contribution in [3.8, 4) is 0 Å². The number of nitrogens with zero attached hydrogens (tertiary/aromatic N) is 3. The van der Waals surface area contributed by atoms with Crippen LogP contribution in [0.1, 0.15) is 12.8 Å². The molecule has 1 amide bonds. The van der Waals surface area contributed by atoms with Crippen molar-refractivity contribution < 1.29 is 26.7 Å². The summed E-state index contributed by atoms with van der Waals surface area (Å²) in [6.45, 7) is 0.584. The number of ether oxygens (including phenoxy) is 1. The molecule has 1 aromatic heterocycles. The van der Waals surface area contributed by atoms with E-state index in [4.69, 9.17) is 4.74 Å². The Bertz CT molecular complexity index is 767. The molecular formula is C15H19F2N3O4S. The van der Waals surface area contributed by atoms with Crippen molar-refractivity contribution in [2.75, 3.05) is 25.4 Å². The maximum atomic E-state index is 12.9. The Hall–Kier alpha value is -1.55. The molecule has 1 aliphatic carbocycles. The number of carbonyl (C=O) groups excluding carboxylic acids is 1. The lowest BCUT2D eigenvalue weighted by molar-refractivity contribution is -0.184. The fraction of sp³-hybridized carbons (Fsp3) is 0.733. The number of hydrogen-bond acceptors (Lipinski definition) is 5. The van der Waals surface area contributed by atoms with E-state index in [1.807, 2.05) is 0 Å². The number of likely N-dealkylation sites (tertiary alicyclic amines) is 1. The van der Waals surface area contributed by atoms with Crippen LogP contribution >= 0.6 is 0 Å². The molecule has 0 radical (unpaired) electrons. The van der Waals surface area contributed by atoms with Crippen molar-refractivity contribution in [3.63, 3.8) is 0 Å². The molecule has 1 atom stereocenters. The van der Waals surface area contributed by atoms with Crippen molar-refractivity contribution in [1.29, 1.82) is 0 Å². The number of aromatic nitrogens is 2. The minimum absolute atomic E-state index is 0.0473. The zero-order valence-corrected chi connectivity index (χ0v) is 14.3. The number of halogens is 2. The van der Waals surface area contributed by atoms with Crippen LogP contribution in [-0.2, 0) is 25.9 Å². The van der Waals surface area contributed by atoms with E-state index in [1.54, 1.807) is 23.1 Å². The highest BCUT2D eigenvalue weighted by Gasteiger charge is 2.57. The summed E-state index contributed by atoms with van der Waals surface area (Å²) >= 11 is 0. The normalized spacial score (nSPS) is 29.8. The zero-order valence-electron chi connectivity index (χ0n) is 13.5. The van der Waals surface area contributed by atoms with Crippen LogP contribution in [0.2, 0.25) is 0 Å². The summed E-state index contributed by atoms with van der Waals surface area (Å²) in [6, 6.07) is 1.72. The van der Waals surface area contributed by atoms with Gasteiger partial charge in [-0.2, -0.15) is 5.10 Å². The highest BCUT2D eigenvalue weighted by Crippen LogP contribution is 2.44. The molecule has 25 heavy (non-hydrogen) atoms. The quantitative estimate of drug-likeness (QED) is 0.760. The van der Waals surface area contributed by atoms with E-state index in [0.717, 1.165) is 0 Å². The van der Waals surface area contributed by atoms with Crippen LogP contribution in [0.15, 0.2) is 18.5 Å². The third-order valence-electron chi connectivity index (χ3n) is 5.21. The van der Waals surface area contributed by atoms with Gasteiger partial charge in [-0.25, -0.2) is 17.2 Å². The maximum absolute atomic E-state index is 12.9. The van der Waals surface area contributed by atoms with E-state index in [9.17, 15) is 22.0 Å². The topological polar surface area (TPSA) is 81.5 Å². The lowest BCUT2D eigenvalue weighted by Crippen LogP contribution is -2.71. The summed E-state index contributed by atoms with van der Waals surface area (Å²) < 4.78 is 58.3. The Morgan fingerprint density at radius 1 is 1.32 bits per heavy atom. The number of rotatable bonds is 3. The molecule has 138 valence electrons. The largest absolute Gasteiger partial charge is 0.369 e. The molecule has 7 nitrogen and oxygen atoms in total. The average molecular weight is 375 g/mol. The Labute approximate surface area is 143 Å². The van der Waals surface area contributed by atoms with E-state index in [1.165, 1.54) is 4.90 Å². The van der Waals surface area contributed by atoms with E-state index >= 15 is 0 Å².